The van der Waals surface area contributed by atoms with E-state index < -0.39 is 11.2 Å². The molecule has 3 aromatic rings. The number of hydrogen-bond acceptors (Lipinski definition) is 7. The Morgan fingerprint density at radius 2 is 2.13 bits per heavy atom. The van der Waals surface area contributed by atoms with Crippen molar-refractivity contribution in [3.05, 3.63) is 52.1 Å². The van der Waals surface area contributed by atoms with Gasteiger partial charge in [-0.05, 0) is 43.3 Å². The van der Waals surface area contributed by atoms with Crippen LogP contribution in [0.2, 0.25) is 5.02 Å². The molecular weight excluding hydrogens is 458 g/mol. The summed E-state index contributed by atoms with van der Waals surface area (Å²) in [5.74, 6) is 0.451. The summed E-state index contributed by atoms with van der Waals surface area (Å²) in [7, 11) is 0. The van der Waals surface area contributed by atoms with E-state index in [2.05, 4.69) is 15.5 Å². The molecule has 1 unspecified atom stereocenters. The zero-order valence-corrected chi connectivity index (χ0v) is 19.0. The van der Waals surface area contributed by atoms with Gasteiger partial charge in [-0.2, -0.15) is 0 Å². The highest BCUT2D eigenvalue weighted by atomic mass is 35.5. The molecule has 2 heterocycles. The van der Waals surface area contributed by atoms with Crippen molar-refractivity contribution in [3.63, 3.8) is 0 Å². The molecule has 2 amide bonds. The molecule has 1 fully saturated rings. The van der Waals surface area contributed by atoms with E-state index in [0.717, 1.165) is 12.8 Å². The summed E-state index contributed by atoms with van der Waals surface area (Å²) in [4.78, 5) is 24.1. The number of thioether (sulfide) groups is 1. The lowest BCUT2D eigenvalue weighted by atomic mass is 10.3. The van der Waals surface area contributed by atoms with Gasteiger partial charge < -0.3 is 15.8 Å². The quantitative estimate of drug-likeness (QED) is 0.448. The lowest BCUT2D eigenvalue weighted by Gasteiger charge is -2.13. The van der Waals surface area contributed by atoms with Crippen molar-refractivity contribution in [3.8, 4) is 5.75 Å². The van der Waals surface area contributed by atoms with Crippen molar-refractivity contribution in [2.45, 2.75) is 42.8 Å². The maximum absolute atomic E-state index is 12.7. The van der Waals surface area contributed by atoms with E-state index in [4.69, 9.17) is 22.1 Å². The summed E-state index contributed by atoms with van der Waals surface area (Å²) < 4.78 is 7.86. The first-order valence-electron chi connectivity index (χ1n) is 9.60. The highest BCUT2D eigenvalue weighted by Crippen LogP contribution is 2.40. The SMILES string of the molecule is CC(Sc1nnc(COc2ccccc2Cl)n1C1CC1)C(=O)Nc1sccc1C(N)=O. The first-order chi connectivity index (χ1) is 14.9. The molecule has 0 saturated heterocycles. The average molecular weight is 478 g/mol. The van der Waals surface area contributed by atoms with E-state index in [0.29, 0.717) is 38.4 Å². The Morgan fingerprint density at radius 1 is 1.35 bits per heavy atom. The van der Waals surface area contributed by atoms with Crippen LogP contribution in [0.3, 0.4) is 0 Å². The number of anilines is 1. The first kappa shape index (κ1) is 21.7. The van der Waals surface area contributed by atoms with Crippen molar-refractivity contribution in [1.82, 2.24) is 14.8 Å². The van der Waals surface area contributed by atoms with Crippen LogP contribution in [0, 0.1) is 0 Å². The predicted octanol–water partition coefficient (Wildman–Crippen LogP) is 4.13. The van der Waals surface area contributed by atoms with E-state index in [1.807, 2.05) is 16.7 Å². The highest BCUT2D eigenvalue weighted by Gasteiger charge is 2.31. The number of amides is 2. The Labute approximate surface area is 192 Å². The van der Waals surface area contributed by atoms with Gasteiger partial charge in [-0.25, -0.2) is 0 Å². The van der Waals surface area contributed by atoms with Crippen LogP contribution in [0.15, 0.2) is 40.9 Å². The topological polar surface area (TPSA) is 112 Å². The number of ether oxygens (including phenoxy) is 1. The number of nitrogens with two attached hydrogens (primary N) is 1. The fraction of sp³-hybridized carbons (Fsp3) is 0.300. The normalized spacial score (nSPS) is 14.3. The Kier molecular flexibility index (Phi) is 6.49. The fourth-order valence-electron chi connectivity index (χ4n) is 2.92. The van der Waals surface area contributed by atoms with Crippen molar-refractivity contribution in [2.75, 3.05) is 5.32 Å². The molecule has 1 aromatic carbocycles. The van der Waals surface area contributed by atoms with Crippen molar-refractivity contribution >= 4 is 51.5 Å². The van der Waals surface area contributed by atoms with Crippen LogP contribution < -0.4 is 15.8 Å². The van der Waals surface area contributed by atoms with Gasteiger partial charge in [-0.3, -0.25) is 14.2 Å². The van der Waals surface area contributed by atoms with Crippen LogP contribution >= 0.6 is 34.7 Å². The molecule has 8 nitrogen and oxygen atoms in total. The summed E-state index contributed by atoms with van der Waals surface area (Å²) >= 11 is 8.73. The molecule has 4 rings (SSSR count). The zero-order chi connectivity index (χ0) is 22.0. The molecule has 0 spiro atoms. The fourth-order valence-corrected chi connectivity index (χ4v) is 4.84. The van der Waals surface area contributed by atoms with E-state index in [1.54, 1.807) is 30.5 Å². The molecule has 2 aromatic heterocycles. The third-order valence-electron chi connectivity index (χ3n) is 4.66. The number of benzene rings is 1. The minimum Gasteiger partial charge on any atom is -0.484 e. The van der Waals surface area contributed by atoms with Crippen molar-refractivity contribution in [2.24, 2.45) is 5.73 Å². The number of nitrogens with zero attached hydrogens (tertiary/aromatic N) is 3. The van der Waals surface area contributed by atoms with Crippen LogP contribution in [0.4, 0.5) is 5.00 Å². The van der Waals surface area contributed by atoms with E-state index in [1.165, 1.54) is 23.1 Å². The second kappa shape index (κ2) is 9.29. The van der Waals surface area contributed by atoms with Gasteiger partial charge in [0.25, 0.3) is 5.91 Å². The van der Waals surface area contributed by atoms with Crippen LogP contribution in [0.25, 0.3) is 0 Å². The van der Waals surface area contributed by atoms with Crippen molar-refractivity contribution < 1.29 is 14.3 Å². The van der Waals surface area contributed by atoms with Gasteiger partial charge in [-0.15, -0.1) is 21.5 Å². The Hall–Kier alpha value is -2.56. The summed E-state index contributed by atoms with van der Waals surface area (Å²) in [6, 6.07) is 9.15. The van der Waals surface area contributed by atoms with E-state index in [-0.39, 0.29) is 12.5 Å². The lowest BCUT2D eigenvalue weighted by Crippen LogP contribution is -2.24. The third kappa shape index (κ3) is 5.03. The second-order valence-electron chi connectivity index (χ2n) is 7.00. The average Bonchev–Trinajstić information content (AvgIpc) is 3.33. The molecule has 162 valence electrons. The lowest BCUT2D eigenvalue weighted by molar-refractivity contribution is -0.115. The number of hydrogen-bond donors (Lipinski definition) is 2. The summed E-state index contributed by atoms with van der Waals surface area (Å²) in [6.45, 7) is 2.01. The number of primary amides is 1. The second-order valence-corrected chi connectivity index (χ2v) is 9.63. The molecule has 3 N–H and O–H groups in total. The number of para-hydroxylation sites is 1. The van der Waals surface area contributed by atoms with Crippen LogP contribution in [-0.2, 0) is 11.4 Å². The molecule has 1 aliphatic carbocycles. The Bertz CT molecular complexity index is 1110. The largest absolute Gasteiger partial charge is 0.484 e. The van der Waals surface area contributed by atoms with Gasteiger partial charge >= 0.3 is 0 Å². The maximum atomic E-state index is 12.7. The highest BCUT2D eigenvalue weighted by molar-refractivity contribution is 8.00. The number of aromatic nitrogens is 3. The number of carbonyl (C=O) groups excluding carboxylic acids is 2. The van der Waals surface area contributed by atoms with Gasteiger partial charge in [0.2, 0.25) is 5.91 Å². The molecule has 1 aliphatic rings. The molecule has 0 aliphatic heterocycles. The van der Waals surface area contributed by atoms with Crippen LogP contribution in [-0.4, -0.2) is 31.8 Å². The molecule has 11 heteroatoms. The number of carbonyl (C=O) groups is 2. The maximum Gasteiger partial charge on any atom is 0.251 e. The summed E-state index contributed by atoms with van der Waals surface area (Å²) in [5, 5.41) is 14.2. The Morgan fingerprint density at radius 3 is 2.84 bits per heavy atom. The monoisotopic (exact) mass is 477 g/mol. The van der Waals surface area contributed by atoms with Gasteiger partial charge in [0.1, 0.15) is 17.4 Å². The number of thiophene rings is 1. The molecule has 1 saturated carbocycles. The van der Waals surface area contributed by atoms with Gasteiger partial charge in [0, 0.05) is 6.04 Å². The third-order valence-corrected chi connectivity index (χ3v) is 6.86. The number of nitrogens with one attached hydrogen (secondary N) is 1. The zero-order valence-electron chi connectivity index (χ0n) is 16.6. The van der Waals surface area contributed by atoms with Gasteiger partial charge in [0.05, 0.1) is 15.8 Å². The Balaban J connectivity index is 1.44. The predicted molar refractivity (Wildman–Crippen MR) is 121 cm³/mol. The minimum absolute atomic E-state index is 0.228. The molecular formula is C20H20ClN5O3S2. The standard InChI is InChI=1S/C20H20ClN5O3S2/c1-11(18(28)23-19-13(17(22)27)8-9-30-19)31-20-25-24-16(26(20)12-6-7-12)10-29-15-5-3-2-4-14(15)21/h2-5,8-9,11-12H,6-7,10H2,1H3,(H2,22,27)(H,23,28). The van der Waals surface area contributed by atoms with Gasteiger partial charge in [-0.1, -0.05) is 35.5 Å². The molecule has 1 atom stereocenters. The van der Waals surface area contributed by atoms with E-state index >= 15 is 0 Å². The molecule has 0 radical (unpaired) electrons. The minimum atomic E-state index is -0.575. The summed E-state index contributed by atoms with van der Waals surface area (Å²) in [6.07, 6.45) is 2.06. The van der Waals surface area contributed by atoms with Crippen LogP contribution in [0.1, 0.15) is 42.0 Å². The smallest absolute Gasteiger partial charge is 0.251 e. The number of rotatable bonds is 9. The first-order valence-corrected chi connectivity index (χ1v) is 11.7. The van der Waals surface area contributed by atoms with Crippen LogP contribution in [0.5, 0.6) is 5.75 Å². The molecule has 0 bridgehead atoms. The molecule has 31 heavy (non-hydrogen) atoms. The van der Waals surface area contributed by atoms with Gasteiger partial charge in [0.15, 0.2) is 11.0 Å². The number of halogens is 1. The van der Waals surface area contributed by atoms with E-state index in [9.17, 15) is 9.59 Å². The van der Waals surface area contributed by atoms with Crippen molar-refractivity contribution in [1.29, 1.82) is 0 Å². The summed E-state index contributed by atoms with van der Waals surface area (Å²) in [5.41, 5.74) is 5.65.